The Morgan fingerprint density at radius 1 is 0.848 bits per heavy atom. The molecule has 258 valence electrons. The van der Waals surface area contributed by atoms with Gasteiger partial charge in [-0.3, -0.25) is 19.2 Å². The Morgan fingerprint density at radius 2 is 1.39 bits per heavy atom. The van der Waals surface area contributed by atoms with Crippen LogP contribution in [0.1, 0.15) is 66.9 Å². The second-order valence-electron chi connectivity index (χ2n) is 12.4. The van der Waals surface area contributed by atoms with Crippen molar-refractivity contribution in [2.45, 2.75) is 110 Å². The molecule has 0 bridgehead atoms. The van der Waals surface area contributed by atoms with Crippen molar-refractivity contribution in [1.29, 1.82) is 0 Å². The van der Waals surface area contributed by atoms with Gasteiger partial charge < -0.3 is 51.4 Å². The van der Waals surface area contributed by atoms with Gasteiger partial charge in [-0.05, 0) is 71.1 Å². The standard InChI is InChI=1S/C31H49N5O10/c1-17(2)23(15-37)34-26(41)13-12-25(40)22(14-20-8-10-21(39)11-9-20)35-28(43)19(4)32-27(42)18(3)33-29(44)24(16-38)36-30(45)46-31(5,6)7/h8-11,15,17-19,22-25,38-40H,12-14,16H2,1-7H3,(H,32,42)(H,33,44)(H,34,41)(H,35,43)(H,36,45). The van der Waals surface area contributed by atoms with Gasteiger partial charge in [-0.1, -0.05) is 26.0 Å². The van der Waals surface area contributed by atoms with Gasteiger partial charge in [0.25, 0.3) is 0 Å². The Morgan fingerprint density at radius 3 is 1.89 bits per heavy atom. The van der Waals surface area contributed by atoms with Crippen LogP contribution in [0.15, 0.2) is 24.3 Å². The highest BCUT2D eigenvalue weighted by molar-refractivity contribution is 5.93. The molecule has 1 aromatic rings. The second-order valence-corrected chi connectivity index (χ2v) is 12.4. The number of aliphatic hydroxyl groups is 2. The van der Waals surface area contributed by atoms with Crippen LogP contribution in [0.5, 0.6) is 5.75 Å². The lowest BCUT2D eigenvalue weighted by atomic mass is 9.97. The molecule has 15 nitrogen and oxygen atoms in total. The number of hydrogen-bond donors (Lipinski definition) is 8. The van der Waals surface area contributed by atoms with Gasteiger partial charge >= 0.3 is 6.09 Å². The smallest absolute Gasteiger partial charge is 0.408 e. The van der Waals surface area contributed by atoms with Gasteiger partial charge in [-0.25, -0.2) is 4.79 Å². The van der Waals surface area contributed by atoms with Crippen molar-refractivity contribution in [2.24, 2.45) is 5.92 Å². The molecular weight excluding hydrogens is 602 g/mol. The average molecular weight is 652 g/mol. The number of aliphatic hydroxyl groups excluding tert-OH is 2. The van der Waals surface area contributed by atoms with Crippen LogP contribution >= 0.6 is 0 Å². The lowest BCUT2D eigenvalue weighted by molar-refractivity contribution is -0.132. The van der Waals surface area contributed by atoms with E-state index in [1.165, 1.54) is 26.0 Å². The van der Waals surface area contributed by atoms with Crippen LogP contribution in [0.4, 0.5) is 4.79 Å². The summed E-state index contributed by atoms with van der Waals surface area (Å²) in [6.07, 6.45) is -1.55. The molecule has 0 aliphatic heterocycles. The third kappa shape index (κ3) is 14.7. The summed E-state index contributed by atoms with van der Waals surface area (Å²) < 4.78 is 5.07. The number of alkyl carbamates (subject to hydrolysis) is 1. The fourth-order valence-corrected chi connectivity index (χ4v) is 4.00. The molecule has 1 rings (SSSR count). The fourth-order valence-electron chi connectivity index (χ4n) is 4.00. The van der Waals surface area contributed by atoms with Gasteiger partial charge in [0.1, 0.15) is 35.8 Å². The number of phenols is 1. The molecule has 1 aromatic carbocycles. The van der Waals surface area contributed by atoms with Crippen molar-refractivity contribution < 1.29 is 48.8 Å². The lowest BCUT2D eigenvalue weighted by Gasteiger charge is -2.27. The molecule has 0 saturated heterocycles. The molecule has 0 aromatic heterocycles. The van der Waals surface area contributed by atoms with Crippen molar-refractivity contribution in [1.82, 2.24) is 26.6 Å². The van der Waals surface area contributed by atoms with Crippen LogP contribution in [-0.4, -0.2) is 99.8 Å². The summed E-state index contributed by atoms with van der Waals surface area (Å²) in [5.41, 5.74) is -0.175. The number of carbonyl (C=O) groups excluding carboxylic acids is 6. The Bertz CT molecular complexity index is 1190. The van der Waals surface area contributed by atoms with Gasteiger partial charge in [0.05, 0.1) is 24.8 Å². The van der Waals surface area contributed by atoms with Gasteiger partial charge in [0.15, 0.2) is 0 Å². The van der Waals surface area contributed by atoms with E-state index in [0.29, 0.717) is 11.8 Å². The summed E-state index contributed by atoms with van der Waals surface area (Å²) in [4.78, 5) is 74.0. The minimum atomic E-state index is -1.40. The Balaban J connectivity index is 2.86. The number of rotatable bonds is 17. The number of aldehydes is 1. The second kappa shape index (κ2) is 18.7. The lowest BCUT2D eigenvalue weighted by Crippen LogP contribution is -2.57. The maximum absolute atomic E-state index is 13.1. The largest absolute Gasteiger partial charge is 0.508 e. The molecule has 0 aliphatic carbocycles. The van der Waals surface area contributed by atoms with Gasteiger partial charge in [0, 0.05) is 6.42 Å². The first-order valence-electron chi connectivity index (χ1n) is 15.1. The number of nitrogens with one attached hydrogen (secondary N) is 5. The van der Waals surface area contributed by atoms with Gasteiger partial charge in [-0.15, -0.1) is 0 Å². The Labute approximate surface area is 269 Å². The van der Waals surface area contributed by atoms with E-state index in [0.717, 1.165) is 0 Å². The zero-order chi connectivity index (χ0) is 35.2. The van der Waals surface area contributed by atoms with E-state index < -0.39 is 78.2 Å². The molecule has 0 fully saturated rings. The molecule has 5 amide bonds. The van der Waals surface area contributed by atoms with E-state index in [2.05, 4.69) is 26.6 Å². The molecule has 15 heteroatoms. The number of benzene rings is 1. The quantitative estimate of drug-likeness (QED) is 0.103. The van der Waals surface area contributed by atoms with Crippen molar-refractivity contribution in [3.05, 3.63) is 29.8 Å². The predicted octanol–water partition coefficient (Wildman–Crippen LogP) is -0.205. The summed E-state index contributed by atoms with van der Waals surface area (Å²) in [5.74, 6) is -2.81. The number of amides is 5. The third-order valence-electron chi connectivity index (χ3n) is 6.74. The van der Waals surface area contributed by atoms with Crippen LogP contribution in [0.2, 0.25) is 0 Å². The minimum absolute atomic E-state index is 0.0277. The monoisotopic (exact) mass is 651 g/mol. The zero-order valence-electron chi connectivity index (χ0n) is 27.5. The molecule has 0 aliphatic rings. The molecule has 6 atom stereocenters. The first kappa shape index (κ1) is 39.8. The maximum atomic E-state index is 13.1. The van der Waals surface area contributed by atoms with Crippen molar-refractivity contribution in [3.63, 3.8) is 0 Å². The van der Waals surface area contributed by atoms with E-state index in [9.17, 15) is 44.1 Å². The first-order chi connectivity index (χ1) is 21.4. The third-order valence-corrected chi connectivity index (χ3v) is 6.74. The maximum Gasteiger partial charge on any atom is 0.408 e. The van der Waals surface area contributed by atoms with Crippen molar-refractivity contribution in [3.8, 4) is 5.75 Å². The van der Waals surface area contributed by atoms with Crippen LogP contribution in [-0.2, 0) is 35.1 Å². The van der Waals surface area contributed by atoms with Crippen LogP contribution < -0.4 is 26.6 Å². The number of phenolic OH excluding ortho intramolecular Hbond substituents is 1. The number of hydrogen-bond acceptors (Lipinski definition) is 10. The summed E-state index contributed by atoms with van der Waals surface area (Å²) in [6.45, 7) is 10.4. The Kier molecular flexibility index (Phi) is 16.1. The average Bonchev–Trinajstić information content (AvgIpc) is 2.96. The van der Waals surface area contributed by atoms with Crippen molar-refractivity contribution >= 4 is 36.0 Å². The van der Waals surface area contributed by atoms with E-state index in [1.54, 1.807) is 46.8 Å². The summed E-state index contributed by atoms with van der Waals surface area (Å²) in [6, 6.07) is 0.834. The van der Waals surface area contributed by atoms with Crippen LogP contribution in [0.3, 0.4) is 0 Å². The van der Waals surface area contributed by atoms with Crippen molar-refractivity contribution in [2.75, 3.05) is 6.61 Å². The predicted molar refractivity (Wildman–Crippen MR) is 167 cm³/mol. The SMILES string of the molecule is CC(NC(=O)C(C)NC(=O)C(CO)NC(=O)OC(C)(C)C)C(=O)NC(Cc1ccc(O)cc1)C(O)CCC(=O)NC(C=O)C(C)C. The number of aromatic hydroxyl groups is 1. The van der Waals surface area contributed by atoms with E-state index >= 15 is 0 Å². The topological polar surface area (TPSA) is 232 Å². The van der Waals surface area contributed by atoms with Gasteiger partial charge in [0.2, 0.25) is 23.6 Å². The first-order valence-corrected chi connectivity index (χ1v) is 15.1. The molecule has 0 spiro atoms. The van der Waals surface area contributed by atoms with E-state index in [-0.39, 0.29) is 30.9 Å². The van der Waals surface area contributed by atoms with Crippen LogP contribution in [0.25, 0.3) is 0 Å². The molecule has 46 heavy (non-hydrogen) atoms. The highest BCUT2D eigenvalue weighted by Crippen LogP contribution is 2.15. The number of carbonyl (C=O) groups is 6. The van der Waals surface area contributed by atoms with Crippen LogP contribution in [0, 0.1) is 5.92 Å². The normalized spacial score (nSPS) is 15.3. The molecule has 6 unspecified atom stereocenters. The molecule has 0 radical (unpaired) electrons. The summed E-state index contributed by atoms with van der Waals surface area (Å²) in [5, 5.41) is 42.5. The zero-order valence-corrected chi connectivity index (χ0v) is 27.5. The number of ether oxygens (including phenoxy) is 1. The minimum Gasteiger partial charge on any atom is -0.508 e. The summed E-state index contributed by atoms with van der Waals surface area (Å²) in [7, 11) is 0. The highest BCUT2D eigenvalue weighted by atomic mass is 16.6. The highest BCUT2D eigenvalue weighted by Gasteiger charge is 2.29. The van der Waals surface area contributed by atoms with E-state index in [1.807, 2.05) is 0 Å². The molecule has 8 N–H and O–H groups in total. The fraction of sp³-hybridized carbons (Fsp3) is 0.613. The molecule has 0 heterocycles. The van der Waals surface area contributed by atoms with E-state index in [4.69, 9.17) is 4.74 Å². The summed E-state index contributed by atoms with van der Waals surface area (Å²) >= 11 is 0. The van der Waals surface area contributed by atoms with Gasteiger partial charge in [-0.2, -0.15) is 0 Å². The molecular formula is C31H49N5O10. The molecule has 0 saturated carbocycles. The Hall–Kier alpha value is -4.24.